The number of aromatic nitrogens is 2. The van der Waals surface area contributed by atoms with Crippen molar-refractivity contribution in [3.8, 4) is 0 Å². The Morgan fingerprint density at radius 1 is 1.39 bits per heavy atom. The fourth-order valence-corrected chi connectivity index (χ4v) is 2.62. The average molecular weight is 244 g/mol. The molecule has 3 heteroatoms. The first-order chi connectivity index (χ1) is 8.75. The SMILES string of the molecule is CC(C)c1ccc2cnn(C3CCCOC3)c2c1. The van der Waals surface area contributed by atoms with Crippen molar-refractivity contribution in [1.29, 1.82) is 0 Å². The van der Waals surface area contributed by atoms with Gasteiger partial charge in [0.2, 0.25) is 0 Å². The van der Waals surface area contributed by atoms with E-state index in [1.165, 1.54) is 22.9 Å². The molecule has 0 bridgehead atoms. The van der Waals surface area contributed by atoms with E-state index in [4.69, 9.17) is 4.74 Å². The Bertz CT molecular complexity index is 538. The van der Waals surface area contributed by atoms with E-state index in [1.807, 2.05) is 6.20 Å². The second kappa shape index (κ2) is 4.73. The lowest BCUT2D eigenvalue weighted by Crippen LogP contribution is -2.22. The van der Waals surface area contributed by atoms with Gasteiger partial charge in [-0.05, 0) is 30.4 Å². The molecule has 3 nitrogen and oxygen atoms in total. The predicted octanol–water partition coefficient (Wildman–Crippen LogP) is 3.51. The lowest BCUT2D eigenvalue weighted by molar-refractivity contribution is 0.0565. The molecular weight excluding hydrogens is 224 g/mol. The van der Waals surface area contributed by atoms with Crippen molar-refractivity contribution in [3.63, 3.8) is 0 Å². The molecule has 0 N–H and O–H groups in total. The van der Waals surface area contributed by atoms with Gasteiger partial charge in [-0.1, -0.05) is 26.0 Å². The molecule has 0 spiro atoms. The minimum Gasteiger partial charge on any atom is -0.379 e. The average Bonchev–Trinajstić information content (AvgIpc) is 2.82. The number of benzene rings is 1. The Labute approximate surface area is 108 Å². The molecule has 1 saturated heterocycles. The molecule has 96 valence electrons. The van der Waals surface area contributed by atoms with Gasteiger partial charge in [-0.15, -0.1) is 0 Å². The molecule has 0 saturated carbocycles. The summed E-state index contributed by atoms with van der Waals surface area (Å²) in [6.07, 6.45) is 4.27. The third-order valence-electron chi connectivity index (χ3n) is 3.77. The van der Waals surface area contributed by atoms with E-state index < -0.39 is 0 Å². The van der Waals surface area contributed by atoms with E-state index >= 15 is 0 Å². The lowest BCUT2D eigenvalue weighted by atomic mass is 10.0. The van der Waals surface area contributed by atoms with Gasteiger partial charge in [0.05, 0.1) is 24.4 Å². The van der Waals surface area contributed by atoms with Crippen molar-refractivity contribution >= 4 is 10.9 Å². The molecule has 1 aromatic heterocycles. The van der Waals surface area contributed by atoms with Crippen molar-refractivity contribution in [1.82, 2.24) is 9.78 Å². The molecule has 0 radical (unpaired) electrons. The Balaban J connectivity index is 2.03. The zero-order valence-electron chi connectivity index (χ0n) is 11.1. The molecule has 18 heavy (non-hydrogen) atoms. The van der Waals surface area contributed by atoms with E-state index in [1.54, 1.807) is 0 Å². The molecule has 1 fully saturated rings. The highest BCUT2D eigenvalue weighted by Crippen LogP contribution is 2.26. The van der Waals surface area contributed by atoms with Crippen LogP contribution in [0.2, 0.25) is 0 Å². The molecule has 1 aliphatic rings. The van der Waals surface area contributed by atoms with Crippen LogP contribution in [0.5, 0.6) is 0 Å². The molecule has 2 heterocycles. The van der Waals surface area contributed by atoms with Crippen LogP contribution in [0.25, 0.3) is 10.9 Å². The van der Waals surface area contributed by atoms with Crippen molar-refractivity contribution < 1.29 is 4.74 Å². The van der Waals surface area contributed by atoms with Crippen LogP contribution in [0.15, 0.2) is 24.4 Å². The topological polar surface area (TPSA) is 27.1 Å². The fraction of sp³-hybridized carbons (Fsp3) is 0.533. The second-order valence-electron chi connectivity index (χ2n) is 5.43. The predicted molar refractivity (Wildman–Crippen MR) is 72.9 cm³/mol. The van der Waals surface area contributed by atoms with Crippen molar-refractivity contribution in [2.24, 2.45) is 0 Å². The van der Waals surface area contributed by atoms with Gasteiger partial charge in [0.15, 0.2) is 0 Å². The summed E-state index contributed by atoms with van der Waals surface area (Å²) in [6, 6.07) is 7.06. The van der Waals surface area contributed by atoms with Gasteiger partial charge >= 0.3 is 0 Å². The van der Waals surface area contributed by atoms with E-state index in [0.717, 1.165) is 19.6 Å². The molecule has 1 aromatic carbocycles. The quantitative estimate of drug-likeness (QED) is 0.808. The molecular formula is C15H20N2O. The van der Waals surface area contributed by atoms with Crippen LogP contribution >= 0.6 is 0 Å². The first kappa shape index (κ1) is 11.7. The third kappa shape index (κ3) is 2.03. The molecule has 0 amide bonds. The van der Waals surface area contributed by atoms with Gasteiger partial charge in [0.1, 0.15) is 0 Å². The summed E-state index contributed by atoms with van der Waals surface area (Å²) in [5.41, 5.74) is 2.62. The molecule has 3 rings (SSSR count). The minimum absolute atomic E-state index is 0.402. The lowest BCUT2D eigenvalue weighted by Gasteiger charge is -2.23. The molecule has 1 atom stereocenters. The monoisotopic (exact) mass is 244 g/mol. The van der Waals surface area contributed by atoms with Crippen LogP contribution in [0, 0.1) is 0 Å². The smallest absolute Gasteiger partial charge is 0.0760 e. The van der Waals surface area contributed by atoms with Crippen LogP contribution in [0.1, 0.15) is 44.2 Å². The summed E-state index contributed by atoms with van der Waals surface area (Å²) >= 11 is 0. The van der Waals surface area contributed by atoms with Crippen LogP contribution in [0.3, 0.4) is 0 Å². The van der Waals surface area contributed by atoms with Crippen LogP contribution in [0.4, 0.5) is 0 Å². The Morgan fingerprint density at radius 3 is 3.00 bits per heavy atom. The maximum atomic E-state index is 5.57. The Hall–Kier alpha value is -1.35. The highest BCUT2D eigenvalue weighted by Gasteiger charge is 2.18. The fourth-order valence-electron chi connectivity index (χ4n) is 2.62. The van der Waals surface area contributed by atoms with Crippen LogP contribution < -0.4 is 0 Å². The Morgan fingerprint density at radius 2 is 2.28 bits per heavy atom. The van der Waals surface area contributed by atoms with E-state index in [0.29, 0.717) is 12.0 Å². The largest absolute Gasteiger partial charge is 0.379 e. The number of fused-ring (bicyclic) bond motifs is 1. The van der Waals surface area contributed by atoms with E-state index in [-0.39, 0.29) is 0 Å². The van der Waals surface area contributed by atoms with Crippen LogP contribution in [-0.2, 0) is 4.74 Å². The minimum atomic E-state index is 0.402. The first-order valence-electron chi connectivity index (χ1n) is 6.80. The summed E-state index contributed by atoms with van der Waals surface area (Å²) < 4.78 is 7.72. The van der Waals surface area contributed by atoms with Gasteiger partial charge in [0, 0.05) is 12.0 Å². The molecule has 0 aliphatic carbocycles. The summed E-state index contributed by atoms with van der Waals surface area (Å²) in [6.45, 7) is 6.15. The van der Waals surface area contributed by atoms with Crippen molar-refractivity contribution in [2.45, 2.75) is 38.6 Å². The van der Waals surface area contributed by atoms with Gasteiger partial charge in [-0.2, -0.15) is 5.10 Å². The normalized spacial score (nSPS) is 20.7. The Kier molecular flexibility index (Phi) is 3.08. The number of rotatable bonds is 2. The van der Waals surface area contributed by atoms with Gasteiger partial charge < -0.3 is 4.74 Å². The van der Waals surface area contributed by atoms with E-state index in [9.17, 15) is 0 Å². The summed E-state index contributed by atoms with van der Waals surface area (Å²) in [7, 11) is 0. The second-order valence-corrected chi connectivity index (χ2v) is 5.43. The summed E-state index contributed by atoms with van der Waals surface area (Å²) in [4.78, 5) is 0. The maximum absolute atomic E-state index is 5.57. The molecule has 1 aliphatic heterocycles. The zero-order valence-corrected chi connectivity index (χ0v) is 11.1. The van der Waals surface area contributed by atoms with E-state index in [2.05, 4.69) is 41.8 Å². The third-order valence-corrected chi connectivity index (χ3v) is 3.77. The summed E-state index contributed by atoms with van der Waals surface area (Å²) in [5.74, 6) is 0.556. The summed E-state index contributed by atoms with van der Waals surface area (Å²) in [5, 5.41) is 5.78. The highest BCUT2D eigenvalue weighted by molar-refractivity contribution is 5.79. The molecule has 1 unspecified atom stereocenters. The number of ether oxygens (including phenoxy) is 1. The van der Waals surface area contributed by atoms with Crippen LogP contribution in [-0.4, -0.2) is 23.0 Å². The van der Waals surface area contributed by atoms with Crippen molar-refractivity contribution in [3.05, 3.63) is 30.0 Å². The number of hydrogen-bond acceptors (Lipinski definition) is 2. The number of nitrogens with zero attached hydrogens (tertiary/aromatic N) is 2. The van der Waals surface area contributed by atoms with Gasteiger partial charge in [-0.3, -0.25) is 4.68 Å². The first-order valence-corrected chi connectivity index (χ1v) is 6.80. The van der Waals surface area contributed by atoms with Gasteiger partial charge in [-0.25, -0.2) is 0 Å². The van der Waals surface area contributed by atoms with Gasteiger partial charge in [0.25, 0.3) is 0 Å². The maximum Gasteiger partial charge on any atom is 0.0760 e. The molecule has 2 aromatic rings. The standard InChI is InChI=1S/C15H20N2O/c1-11(2)12-5-6-13-9-16-17(15(13)8-12)14-4-3-7-18-10-14/h5-6,8-9,11,14H,3-4,7,10H2,1-2H3. The zero-order chi connectivity index (χ0) is 12.5. The number of hydrogen-bond donors (Lipinski definition) is 0. The van der Waals surface area contributed by atoms with Crippen molar-refractivity contribution in [2.75, 3.05) is 13.2 Å². The highest BCUT2D eigenvalue weighted by atomic mass is 16.5.